The molecule has 1 saturated heterocycles. The average molecular weight is 168 g/mol. The van der Waals surface area contributed by atoms with Gasteiger partial charge in [-0.15, -0.1) is 0 Å². The van der Waals surface area contributed by atoms with E-state index < -0.39 is 0 Å². The molecule has 2 nitrogen and oxygen atoms in total. The van der Waals surface area contributed by atoms with Gasteiger partial charge >= 0.3 is 0 Å². The summed E-state index contributed by atoms with van der Waals surface area (Å²) in [6.07, 6.45) is 0. The van der Waals surface area contributed by atoms with Crippen molar-refractivity contribution in [3.05, 3.63) is 0 Å². The molecule has 1 aliphatic rings. The Balaban J connectivity index is 0.000000360. The Morgan fingerprint density at radius 2 is 1.00 bits per heavy atom. The fourth-order valence-electron chi connectivity index (χ4n) is 0.440. The lowest BCUT2D eigenvalue weighted by atomic mass is 10.6. The summed E-state index contributed by atoms with van der Waals surface area (Å²) in [6, 6.07) is 0. The van der Waals surface area contributed by atoms with Crippen LogP contribution in [-0.4, -0.2) is 26.4 Å². The molecule has 1 radical (unpaired) electrons. The van der Waals surface area contributed by atoms with E-state index in [1.54, 1.807) is 0 Å². The van der Waals surface area contributed by atoms with Gasteiger partial charge in [0.25, 0.3) is 0 Å². The van der Waals surface area contributed by atoms with E-state index in [-0.39, 0.29) is 17.0 Å². The monoisotopic (exact) mass is 167 g/mol. The smallest absolute Gasteiger partial charge is 0.0701 e. The molecule has 0 aromatic carbocycles. The molecule has 1 rings (SSSR count). The van der Waals surface area contributed by atoms with Crippen LogP contribution in [-0.2, 0) is 9.47 Å². The molecule has 1 aliphatic heterocycles. The topological polar surface area (TPSA) is 18.5 Å². The Morgan fingerprint density at radius 3 is 1.14 bits per heavy atom. The van der Waals surface area contributed by atoms with E-state index in [0.717, 1.165) is 26.4 Å². The molecule has 0 atom stereocenters. The van der Waals surface area contributed by atoms with Gasteiger partial charge in [-0.05, 0) is 0 Å². The highest BCUT2D eigenvalue weighted by Crippen LogP contribution is 1.85. The van der Waals surface area contributed by atoms with Crippen molar-refractivity contribution in [2.75, 3.05) is 26.4 Å². The van der Waals surface area contributed by atoms with Crippen molar-refractivity contribution < 1.29 is 9.47 Å². The van der Waals surface area contributed by atoms with Crippen LogP contribution in [0.2, 0.25) is 0 Å². The van der Waals surface area contributed by atoms with Crippen LogP contribution in [0.4, 0.5) is 0 Å². The first-order valence-electron chi connectivity index (χ1n) is 2.15. The molecule has 7 heavy (non-hydrogen) atoms. The van der Waals surface area contributed by atoms with Crippen molar-refractivity contribution in [1.82, 2.24) is 0 Å². The van der Waals surface area contributed by atoms with Crippen LogP contribution in [0, 0.1) is 0 Å². The summed E-state index contributed by atoms with van der Waals surface area (Å²) >= 11 is 0. The molecule has 0 saturated carbocycles. The number of rotatable bonds is 0. The molecule has 0 unspecified atom stereocenters. The Bertz CT molecular complexity index is 25.2. The maximum absolute atomic E-state index is 4.94. The van der Waals surface area contributed by atoms with Gasteiger partial charge in [-0.1, -0.05) is 0 Å². The van der Waals surface area contributed by atoms with E-state index in [0.29, 0.717) is 0 Å². The van der Waals surface area contributed by atoms with E-state index in [1.165, 1.54) is 0 Å². The van der Waals surface area contributed by atoms with Crippen LogP contribution >= 0.6 is 17.0 Å². The van der Waals surface area contributed by atoms with Crippen LogP contribution < -0.4 is 0 Å². The highest BCUT2D eigenvalue weighted by atomic mass is 79.9. The summed E-state index contributed by atoms with van der Waals surface area (Å²) in [5.74, 6) is 0. The van der Waals surface area contributed by atoms with E-state index in [2.05, 4.69) is 0 Å². The first-order valence-corrected chi connectivity index (χ1v) is 2.15. The average Bonchev–Trinajstić information content (AvgIpc) is 1.72. The summed E-state index contributed by atoms with van der Waals surface area (Å²) in [6.45, 7) is 3.11. The summed E-state index contributed by atoms with van der Waals surface area (Å²) in [5, 5.41) is 0. The zero-order valence-corrected chi connectivity index (χ0v) is 5.61. The lowest BCUT2D eigenvalue weighted by Crippen LogP contribution is -2.16. The Morgan fingerprint density at radius 1 is 0.714 bits per heavy atom. The van der Waals surface area contributed by atoms with E-state index in [9.17, 15) is 0 Å². The molecule has 0 spiro atoms. The summed E-state index contributed by atoms with van der Waals surface area (Å²) in [7, 11) is 0. The van der Waals surface area contributed by atoms with Gasteiger partial charge in [0.15, 0.2) is 0 Å². The van der Waals surface area contributed by atoms with Gasteiger partial charge in [0.05, 0.1) is 26.4 Å². The van der Waals surface area contributed by atoms with Crippen molar-refractivity contribution in [3.63, 3.8) is 0 Å². The van der Waals surface area contributed by atoms with Crippen LogP contribution in [0.15, 0.2) is 0 Å². The molecule has 0 aliphatic carbocycles. The second-order valence-corrected chi connectivity index (χ2v) is 1.22. The minimum absolute atomic E-state index is 0. The number of halogens is 1. The SMILES string of the molecule is C1COCCO1.[Br]. The molecule has 0 bridgehead atoms. The Hall–Kier alpha value is 0.400. The van der Waals surface area contributed by atoms with Gasteiger partial charge < -0.3 is 9.47 Å². The molecule has 3 heteroatoms. The maximum Gasteiger partial charge on any atom is 0.0701 e. The Labute approximate surface area is 53.6 Å². The third-order valence-electron chi connectivity index (χ3n) is 0.744. The lowest BCUT2D eigenvalue weighted by molar-refractivity contribution is -0.0334. The molecule has 0 amide bonds. The Kier molecular flexibility index (Phi) is 4.82. The lowest BCUT2D eigenvalue weighted by Gasteiger charge is -2.09. The maximum atomic E-state index is 4.94. The zero-order chi connectivity index (χ0) is 4.24. The van der Waals surface area contributed by atoms with Gasteiger partial charge in [-0.3, -0.25) is 0 Å². The first-order chi connectivity index (χ1) is 3.00. The number of ether oxygens (including phenoxy) is 2. The van der Waals surface area contributed by atoms with E-state index in [1.807, 2.05) is 0 Å². The molecule has 43 valence electrons. The normalized spacial score (nSPS) is 20.6. The minimum Gasteiger partial charge on any atom is -0.377 e. The molecule has 0 N–H and O–H groups in total. The van der Waals surface area contributed by atoms with Crippen LogP contribution in [0.1, 0.15) is 0 Å². The molecule has 0 aromatic rings. The number of hydrogen-bond acceptors (Lipinski definition) is 2. The van der Waals surface area contributed by atoms with Crippen molar-refractivity contribution in [1.29, 1.82) is 0 Å². The summed E-state index contributed by atoms with van der Waals surface area (Å²) in [5.41, 5.74) is 0. The van der Waals surface area contributed by atoms with Gasteiger partial charge in [0.2, 0.25) is 0 Å². The van der Waals surface area contributed by atoms with Crippen LogP contribution in [0.3, 0.4) is 0 Å². The van der Waals surface area contributed by atoms with Crippen molar-refractivity contribution in [2.45, 2.75) is 0 Å². The standard InChI is InChI=1S/C4H8O2.Br/c1-2-6-4-3-5-1;/h1-4H2;. The molecule has 1 heterocycles. The van der Waals surface area contributed by atoms with Crippen LogP contribution in [0.25, 0.3) is 0 Å². The third kappa shape index (κ3) is 3.02. The van der Waals surface area contributed by atoms with Crippen LogP contribution in [0.5, 0.6) is 0 Å². The number of hydrogen-bond donors (Lipinski definition) is 0. The molecule has 1 fully saturated rings. The predicted octanol–water partition coefficient (Wildman–Crippen LogP) is 0.879. The van der Waals surface area contributed by atoms with Crippen molar-refractivity contribution in [3.8, 4) is 0 Å². The summed E-state index contributed by atoms with van der Waals surface area (Å²) in [4.78, 5) is 0. The van der Waals surface area contributed by atoms with E-state index in [4.69, 9.17) is 9.47 Å². The van der Waals surface area contributed by atoms with Crippen molar-refractivity contribution >= 4 is 17.0 Å². The molecular weight excluding hydrogens is 160 g/mol. The van der Waals surface area contributed by atoms with E-state index >= 15 is 0 Å². The molecular formula is C4H8BrO2. The fraction of sp³-hybridized carbons (Fsp3) is 1.00. The predicted molar refractivity (Wildman–Crippen MR) is 30.6 cm³/mol. The second-order valence-electron chi connectivity index (χ2n) is 1.22. The minimum atomic E-state index is 0. The second kappa shape index (κ2) is 4.56. The van der Waals surface area contributed by atoms with Gasteiger partial charge in [-0.25, -0.2) is 0 Å². The van der Waals surface area contributed by atoms with Gasteiger partial charge in [0, 0.05) is 17.0 Å². The zero-order valence-electron chi connectivity index (χ0n) is 4.02. The van der Waals surface area contributed by atoms with Gasteiger partial charge in [0.1, 0.15) is 0 Å². The van der Waals surface area contributed by atoms with Crippen molar-refractivity contribution in [2.24, 2.45) is 0 Å². The summed E-state index contributed by atoms with van der Waals surface area (Å²) < 4.78 is 9.89. The first kappa shape index (κ1) is 7.40. The van der Waals surface area contributed by atoms with Gasteiger partial charge in [-0.2, -0.15) is 0 Å². The fourth-order valence-corrected chi connectivity index (χ4v) is 0.440. The molecule has 0 aromatic heterocycles. The third-order valence-corrected chi connectivity index (χ3v) is 0.744. The highest BCUT2D eigenvalue weighted by molar-refractivity contribution is 8.93. The quantitative estimate of drug-likeness (QED) is 0.534. The largest absolute Gasteiger partial charge is 0.377 e. The highest BCUT2D eigenvalue weighted by Gasteiger charge is 1.94.